The predicted molar refractivity (Wildman–Crippen MR) is 74.5 cm³/mol. The van der Waals surface area contributed by atoms with Gasteiger partial charge in [0.1, 0.15) is 5.69 Å². The van der Waals surface area contributed by atoms with Gasteiger partial charge in [-0.3, -0.25) is 14.9 Å². The van der Waals surface area contributed by atoms with Crippen LogP contribution in [0.3, 0.4) is 0 Å². The van der Waals surface area contributed by atoms with Crippen molar-refractivity contribution in [2.45, 2.75) is 32.7 Å². The molecule has 0 atom stereocenters. The lowest BCUT2D eigenvalue weighted by Crippen LogP contribution is -2.42. The van der Waals surface area contributed by atoms with E-state index >= 15 is 0 Å². The van der Waals surface area contributed by atoms with E-state index in [0.717, 1.165) is 6.42 Å². The highest BCUT2D eigenvalue weighted by atomic mass is 16.6. The first-order valence-corrected chi connectivity index (χ1v) is 6.09. The Hall–Kier alpha value is -2.11. The highest BCUT2D eigenvalue weighted by molar-refractivity contribution is 5.96. The summed E-state index contributed by atoms with van der Waals surface area (Å²) >= 11 is 0. The summed E-state index contributed by atoms with van der Waals surface area (Å²) in [6.45, 7) is 5.83. The normalized spacial score (nSPS) is 10.9. The number of nitrogens with zero attached hydrogens (tertiary/aromatic N) is 1. The summed E-state index contributed by atoms with van der Waals surface area (Å²) in [5, 5.41) is 16.4. The topological polar surface area (TPSA) is 84.3 Å². The van der Waals surface area contributed by atoms with E-state index < -0.39 is 4.92 Å². The number of carbonyl (C=O) groups excluding carboxylic acids is 1. The van der Waals surface area contributed by atoms with Gasteiger partial charge in [-0.15, -0.1) is 0 Å². The zero-order valence-electron chi connectivity index (χ0n) is 11.6. The van der Waals surface area contributed by atoms with Gasteiger partial charge in [0.2, 0.25) is 0 Å². The second-order valence-electron chi connectivity index (χ2n) is 4.93. The molecule has 0 saturated heterocycles. The minimum absolute atomic E-state index is 0.0474. The van der Waals surface area contributed by atoms with Gasteiger partial charge in [0.15, 0.2) is 0 Å². The maximum atomic E-state index is 12.1. The van der Waals surface area contributed by atoms with Gasteiger partial charge >= 0.3 is 0 Å². The van der Waals surface area contributed by atoms with Crippen LogP contribution in [-0.2, 0) is 0 Å². The van der Waals surface area contributed by atoms with Crippen LogP contribution in [0.2, 0.25) is 0 Å². The first kappa shape index (κ1) is 14.9. The van der Waals surface area contributed by atoms with Gasteiger partial charge in [-0.1, -0.05) is 6.92 Å². The Kier molecular flexibility index (Phi) is 4.47. The fourth-order valence-electron chi connectivity index (χ4n) is 1.50. The fourth-order valence-corrected chi connectivity index (χ4v) is 1.50. The van der Waals surface area contributed by atoms with Gasteiger partial charge in [0, 0.05) is 24.2 Å². The number of nitrogens with one attached hydrogen (secondary N) is 2. The second-order valence-corrected chi connectivity index (χ2v) is 4.93. The number of rotatable bonds is 5. The van der Waals surface area contributed by atoms with E-state index in [1.165, 1.54) is 18.2 Å². The van der Waals surface area contributed by atoms with Crippen LogP contribution in [-0.4, -0.2) is 23.4 Å². The first-order chi connectivity index (χ1) is 8.80. The molecular weight excluding hydrogens is 246 g/mol. The zero-order valence-corrected chi connectivity index (χ0v) is 11.6. The first-order valence-electron chi connectivity index (χ1n) is 6.09. The molecule has 0 bridgehead atoms. The summed E-state index contributed by atoms with van der Waals surface area (Å²) in [5.74, 6) is -0.238. The summed E-state index contributed by atoms with van der Waals surface area (Å²) < 4.78 is 0. The van der Waals surface area contributed by atoms with E-state index in [2.05, 4.69) is 10.6 Å². The maximum absolute atomic E-state index is 12.1. The van der Waals surface area contributed by atoms with Crippen LogP contribution >= 0.6 is 0 Å². The Morgan fingerprint density at radius 2 is 2.05 bits per heavy atom. The molecular formula is C13H19N3O3. The molecule has 1 aromatic rings. The molecule has 0 fully saturated rings. The van der Waals surface area contributed by atoms with E-state index in [1.54, 1.807) is 7.05 Å². The van der Waals surface area contributed by atoms with Crippen LogP contribution in [0.15, 0.2) is 18.2 Å². The fraction of sp³-hybridized carbons (Fsp3) is 0.462. The van der Waals surface area contributed by atoms with Crippen molar-refractivity contribution in [1.29, 1.82) is 0 Å². The highest BCUT2D eigenvalue weighted by Crippen LogP contribution is 2.25. The number of carbonyl (C=O) groups is 1. The van der Waals surface area contributed by atoms with E-state index in [9.17, 15) is 14.9 Å². The van der Waals surface area contributed by atoms with Crippen LogP contribution in [0.25, 0.3) is 0 Å². The maximum Gasteiger partial charge on any atom is 0.292 e. The number of hydrogen-bond acceptors (Lipinski definition) is 4. The average Bonchev–Trinajstić information content (AvgIpc) is 2.37. The Bertz CT molecular complexity index is 498. The van der Waals surface area contributed by atoms with Crippen molar-refractivity contribution in [1.82, 2.24) is 5.32 Å². The molecule has 0 spiro atoms. The number of nitro benzene ring substituents is 1. The van der Waals surface area contributed by atoms with Gasteiger partial charge in [-0.05, 0) is 32.4 Å². The number of nitro groups is 1. The third kappa shape index (κ3) is 3.67. The predicted octanol–water partition coefficient (Wildman–Crippen LogP) is 2.55. The molecule has 0 aromatic heterocycles. The number of benzene rings is 1. The second kappa shape index (κ2) is 5.69. The molecule has 1 aromatic carbocycles. The summed E-state index contributed by atoms with van der Waals surface area (Å²) in [4.78, 5) is 22.4. The number of anilines is 1. The van der Waals surface area contributed by atoms with Crippen LogP contribution in [0.5, 0.6) is 0 Å². The van der Waals surface area contributed by atoms with Crippen molar-refractivity contribution in [3.8, 4) is 0 Å². The molecule has 104 valence electrons. The van der Waals surface area contributed by atoms with Crippen LogP contribution in [0.4, 0.5) is 11.4 Å². The van der Waals surface area contributed by atoms with Crippen molar-refractivity contribution in [3.63, 3.8) is 0 Å². The van der Waals surface area contributed by atoms with E-state index in [0.29, 0.717) is 11.3 Å². The molecule has 0 radical (unpaired) electrons. The molecule has 2 N–H and O–H groups in total. The van der Waals surface area contributed by atoms with E-state index in [-0.39, 0.29) is 17.1 Å². The van der Waals surface area contributed by atoms with Gasteiger partial charge in [0.25, 0.3) is 11.6 Å². The van der Waals surface area contributed by atoms with Gasteiger partial charge in [-0.25, -0.2) is 0 Å². The third-order valence-electron chi connectivity index (χ3n) is 3.06. The molecule has 19 heavy (non-hydrogen) atoms. The molecule has 0 aliphatic carbocycles. The van der Waals surface area contributed by atoms with Crippen LogP contribution < -0.4 is 10.6 Å². The summed E-state index contributed by atoms with van der Waals surface area (Å²) in [6, 6.07) is 4.28. The average molecular weight is 265 g/mol. The lowest BCUT2D eigenvalue weighted by molar-refractivity contribution is -0.383. The van der Waals surface area contributed by atoms with Gasteiger partial charge < -0.3 is 10.6 Å². The third-order valence-corrected chi connectivity index (χ3v) is 3.06. The molecule has 0 aliphatic heterocycles. The van der Waals surface area contributed by atoms with Crippen molar-refractivity contribution in [3.05, 3.63) is 33.9 Å². The summed E-state index contributed by atoms with van der Waals surface area (Å²) in [6.07, 6.45) is 0.796. The zero-order chi connectivity index (χ0) is 14.6. The Labute approximate surface area is 112 Å². The standard InChI is InChI=1S/C13H19N3O3/c1-5-13(2,3)15-12(17)9-6-7-11(16(18)19)10(8-9)14-4/h6-8,14H,5H2,1-4H3,(H,15,17). The molecule has 0 aliphatic rings. The smallest absolute Gasteiger partial charge is 0.292 e. The molecule has 1 rings (SSSR count). The molecule has 0 saturated carbocycles. The van der Waals surface area contributed by atoms with Gasteiger partial charge in [0.05, 0.1) is 4.92 Å². The van der Waals surface area contributed by atoms with Crippen molar-refractivity contribution in [2.75, 3.05) is 12.4 Å². The lowest BCUT2D eigenvalue weighted by atomic mass is 10.0. The number of hydrogen-bond donors (Lipinski definition) is 2. The molecule has 0 heterocycles. The Morgan fingerprint density at radius 1 is 1.42 bits per heavy atom. The Morgan fingerprint density at radius 3 is 2.53 bits per heavy atom. The largest absolute Gasteiger partial charge is 0.383 e. The van der Waals surface area contributed by atoms with Crippen LogP contribution in [0, 0.1) is 10.1 Å². The van der Waals surface area contributed by atoms with Crippen LogP contribution in [0.1, 0.15) is 37.6 Å². The lowest BCUT2D eigenvalue weighted by Gasteiger charge is -2.24. The molecule has 6 heteroatoms. The van der Waals surface area contributed by atoms with Gasteiger partial charge in [-0.2, -0.15) is 0 Å². The van der Waals surface area contributed by atoms with E-state index in [1.807, 2.05) is 20.8 Å². The Balaban J connectivity index is 3.03. The van der Waals surface area contributed by atoms with E-state index in [4.69, 9.17) is 0 Å². The summed E-state index contributed by atoms with van der Waals surface area (Å²) in [7, 11) is 1.58. The molecule has 1 amide bonds. The molecule has 0 unspecified atom stereocenters. The van der Waals surface area contributed by atoms with Crippen molar-refractivity contribution < 1.29 is 9.72 Å². The minimum atomic E-state index is -0.483. The summed E-state index contributed by atoms with van der Waals surface area (Å²) in [5.41, 5.74) is 0.371. The number of amides is 1. The molecule has 6 nitrogen and oxygen atoms in total. The van der Waals surface area contributed by atoms with Crippen molar-refractivity contribution in [2.24, 2.45) is 0 Å². The monoisotopic (exact) mass is 265 g/mol. The minimum Gasteiger partial charge on any atom is -0.383 e. The SMILES string of the molecule is CCC(C)(C)NC(=O)c1ccc([N+](=O)[O-])c(NC)c1. The van der Waals surface area contributed by atoms with Crippen molar-refractivity contribution >= 4 is 17.3 Å². The highest BCUT2D eigenvalue weighted by Gasteiger charge is 2.21. The quantitative estimate of drug-likeness (QED) is 0.633.